The van der Waals surface area contributed by atoms with Crippen molar-refractivity contribution < 1.29 is 27.8 Å². The monoisotopic (exact) mass is 278 g/mol. The van der Waals surface area contributed by atoms with Crippen LogP contribution in [0.25, 0.3) is 0 Å². The van der Waals surface area contributed by atoms with E-state index in [2.05, 4.69) is 4.74 Å². The zero-order valence-electron chi connectivity index (χ0n) is 11.3. The van der Waals surface area contributed by atoms with E-state index in [4.69, 9.17) is 4.74 Å². The predicted octanol–water partition coefficient (Wildman–Crippen LogP) is 2.84. The first-order valence-corrected chi connectivity index (χ1v) is 6.56. The van der Waals surface area contributed by atoms with Crippen molar-refractivity contribution in [2.75, 3.05) is 6.61 Å². The van der Waals surface area contributed by atoms with Gasteiger partial charge in [0.05, 0.1) is 0 Å². The Labute approximate surface area is 111 Å². The molecule has 110 valence electrons. The van der Waals surface area contributed by atoms with Crippen molar-refractivity contribution in [1.29, 1.82) is 0 Å². The molecule has 1 rings (SSSR count). The Hall–Kier alpha value is -1.20. The molecule has 0 radical (unpaired) electrons. The van der Waals surface area contributed by atoms with Crippen LogP contribution in [0.3, 0.4) is 0 Å². The molecule has 0 unspecified atom stereocenters. The number of halogens is 2. The van der Waals surface area contributed by atoms with Crippen molar-refractivity contribution in [3.05, 3.63) is 0 Å². The summed E-state index contributed by atoms with van der Waals surface area (Å²) in [6, 6.07) is 0. The highest BCUT2D eigenvalue weighted by Crippen LogP contribution is 2.37. The van der Waals surface area contributed by atoms with E-state index in [1.54, 1.807) is 0 Å². The zero-order chi connectivity index (χ0) is 14.5. The Morgan fingerprint density at radius 1 is 1.26 bits per heavy atom. The highest BCUT2D eigenvalue weighted by Gasteiger charge is 2.38. The summed E-state index contributed by atoms with van der Waals surface area (Å²) in [5.41, 5.74) is -0.493. The smallest absolute Gasteiger partial charge is 0.377 e. The van der Waals surface area contributed by atoms with Crippen LogP contribution in [0.4, 0.5) is 8.78 Å². The summed E-state index contributed by atoms with van der Waals surface area (Å²) in [4.78, 5) is 22.4. The molecular weight excluding hydrogens is 258 g/mol. The Morgan fingerprint density at radius 2 is 1.84 bits per heavy atom. The lowest BCUT2D eigenvalue weighted by Gasteiger charge is -2.28. The quantitative estimate of drug-likeness (QED) is 0.701. The van der Waals surface area contributed by atoms with E-state index >= 15 is 0 Å². The van der Waals surface area contributed by atoms with Gasteiger partial charge >= 0.3 is 17.9 Å². The second-order valence-corrected chi connectivity index (χ2v) is 5.08. The third-order valence-electron chi connectivity index (χ3n) is 3.23. The fraction of sp³-hybridized carbons (Fsp3) is 0.846. The lowest BCUT2D eigenvalue weighted by Crippen LogP contribution is -2.35. The van der Waals surface area contributed by atoms with E-state index < -0.39 is 30.1 Å². The molecule has 4 nitrogen and oxygen atoms in total. The predicted molar refractivity (Wildman–Crippen MR) is 63.8 cm³/mol. The second-order valence-electron chi connectivity index (χ2n) is 5.08. The first-order chi connectivity index (χ1) is 8.79. The third-order valence-corrected chi connectivity index (χ3v) is 3.23. The van der Waals surface area contributed by atoms with Crippen molar-refractivity contribution in [2.45, 2.75) is 63.9 Å². The maximum atomic E-state index is 12.5. The first-order valence-electron chi connectivity index (χ1n) is 6.56. The van der Waals surface area contributed by atoms with Crippen LogP contribution < -0.4 is 0 Å². The molecule has 0 aromatic carbocycles. The van der Waals surface area contributed by atoms with Gasteiger partial charge in [0.15, 0.2) is 6.61 Å². The fourth-order valence-corrected chi connectivity index (χ4v) is 2.40. The number of carbonyl (C=O) groups is 2. The normalized spacial score (nSPS) is 18.1. The van der Waals surface area contributed by atoms with Gasteiger partial charge < -0.3 is 9.47 Å². The highest BCUT2D eigenvalue weighted by atomic mass is 19.3. The minimum atomic E-state index is -3.59. The van der Waals surface area contributed by atoms with Gasteiger partial charge in [0.2, 0.25) is 0 Å². The van der Waals surface area contributed by atoms with Gasteiger partial charge in [-0.1, -0.05) is 13.3 Å². The SMILES string of the molecule is CCCC1(OC(=O)COC(=O)C(C)(F)F)CCCC1. The Bertz CT molecular complexity index is 330. The summed E-state index contributed by atoms with van der Waals surface area (Å²) < 4.78 is 34.7. The largest absolute Gasteiger partial charge is 0.457 e. The zero-order valence-corrected chi connectivity index (χ0v) is 11.3. The number of esters is 2. The first kappa shape index (κ1) is 15.9. The van der Waals surface area contributed by atoms with E-state index in [0.717, 1.165) is 38.5 Å². The van der Waals surface area contributed by atoms with Crippen LogP contribution >= 0.6 is 0 Å². The van der Waals surface area contributed by atoms with E-state index in [1.165, 1.54) is 0 Å². The van der Waals surface area contributed by atoms with E-state index in [9.17, 15) is 18.4 Å². The maximum absolute atomic E-state index is 12.5. The van der Waals surface area contributed by atoms with Crippen molar-refractivity contribution in [1.82, 2.24) is 0 Å². The molecule has 0 saturated heterocycles. The summed E-state index contributed by atoms with van der Waals surface area (Å²) in [7, 11) is 0. The van der Waals surface area contributed by atoms with Crippen molar-refractivity contribution in [3.63, 3.8) is 0 Å². The van der Waals surface area contributed by atoms with Gasteiger partial charge in [0.1, 0.15) is 5.60 Å². The topological polar surface area (TPSA) is 52.6 Å². The number of hydrogen-bond acceptors (Lipinski definition) is 4. The summed E-state index contributed by atoms with van der Waals surface area (Å²) >= 11 is 0. The van der Waals surface area contributed by atoms with Gasteiger partial charge in [0, 0.05) is 6.92 Å². The van der Waals surface area contributed by atoms with Gasteiger partial charge in [-0.25, -0.2) is 9.59 Å². The molecule has 0 spiro atoms. The molecule has 19 heavy (non-hydrogen) atoms. The van der Waals surface area contributed by atoms with Crippen molar-refractivity contribution in [3.8, 4) is 0 Å². The van der Waals surface area contributed by atoms with Crippen LogP contribution in [0.1, 0.15) is 52.4 Å². The number of rotatable bonds is 6. The minimum absolute atomic E-state index is 0.427. The number of carbonyl (C=O) groups excluding carboxylic acids is 2. The minimum Gasteiger partial charge on any atom is -0.457 e. The Kier molecular flexibility index (Phi) is 5.26. The van der Waals surface area contributed by atoms with E-state index in [-0.39, 0.29) is 0 Å². The van der Waals surface area contributed by atoms with E-state index in [1.807, 2.05) is 6.92 Å². The number of hydrogen-bond donors (Lipinski definition) is 0. The van der Waals surface area contributed by atoms with Gasteiger partial charge in [0.25, 0.3) is 0 Å². The van der Waals surface area contributed by atoms with Crippen LogP contribution in [0.5, 0.6) is 0 Å². The van der Waals surface area contributed by atoms with Gasteiger partial charge in [-0.2, -0.15) is 8.78 Å². The lowest BCUT2D eigenvalue weighted by molar-refractivity contribution is -0.181. The number of ether oxygens (including phenoxy) is 2. The van der Waals surface area contributed by atoms with Crippen molar-refractivity contribution >= 4 is 11.9 Å². The molecule has 1 saturated carbocycles. The lowest BCUT2D eigenvalue weighted by atomic mass is 9.96. The third kappa shape index (κ3) is 4.76. The van der Waals surface area contributed by atoms with Crippen LogP contribution in [-0.4, -0.2) is 30.1 Å². The molecule has 0 aromatic rings. The van der Waals surface area contributed by atoms with Crippen LogP contribution in [-0.2, 0) is 19.1 Å². The summed E-state index contributed by atoms with van der Waals surface area (Å²) in [6.07, 6.45) is 5.16. The van der Waals surface area contributed by atoms with Crippen LogP contribution in [0.2, 0.25) is 0 Å². The molecule has 0 aliphatic heterocycles. The summed E-state index contributed by atoms with van der Waals surface area (Å²) in [6.45, 7) is 1.66. The summed E-state index contributed by atoms with van der Waals surface area (Å²) in [5, 5.41) is 0. The molecule has 0 aromatic heterocycles. The maximum Gasteiger partial charge on any atom is 0.377 e. The molecule has 6 heteroatoms. The Morgan fingerprint density at radius 3 is 2.32 bits per heavy atom. The average molecular weight is 278 g/mol. The standard InChI is InChI=1S/C13H20F2O4/c1-3-6-13(7-4-5-8-13)19-10(16)9-18-11(17)12(2,14)15/h3-9H2,1-2H3. The summed E-state index contributed by atoms with van der Waals surface area (Å²) in [5.74, 6) is -6.05. The van der Waals surface area contributed by atoms with Crippen molar-refractivity contribution in [2.24, 2.45) is 0 Å². The fourth-order valence-electron chi connectivity index (χ4n) is 2.40. The molecule has 1 aliphatic rings. The van der Waals surface area contributed by atoms with Gasteiger partial charge in [-0.3, -0.25) is 0 Å². The number of alkyl halides is 2. The molecule has 1 aliphatic carbocycles. The van der Waals surface area contributed by atoms with Crippen LogP contribution in [0.15, 0.2) is 0 Å². The highest BCUT2D eigenvalue weighted by molar-refractivity contribution is 5.80. The molecule has 1 fully saturated rings. The van der Waals surface area contributed by atoms with Gasteiger partial charge in [-0.05, 0) is 32.1 Å². The average Bonchev–Trinajstić information content (AvgIpc) is 2.73. The van der Waals surface area contributed by atoms with Crippen LogP contribution in [0, 0.1) is 0 Å². The molecular formula is C13H20F2O4. The Balaban J connectivity index is 2.44. The van der Waals surface area contributed by atoms with Gasteiger partial charge in [-0.15, -0.1) is 0 Å². The second kappa shape index (κ2) is 6.30. The molecule has 0 bridgehead atoms. The molecule has 0 heterocycles. The molecule has 0 N–H and O–H groups in total. The van der Waals surface area contributed by atoms with E-state index in [0.29, 0.717) is 6.92 Å². The molecule has 0 amide bonds. The molecule has 0 atom stereocenters.